The van der Waals surface area contributed by atoms with E-state index in [9.17, 15) is 0 Å². The van der Waals surface area contributed by atoms with E-state index in [2.05, 4.69) is 38.0 Å². The van der Waals surface area contributed by atoms with E-state index in [0.717, 1.165) is 29.0 Å². The topological polar surface area (TPSA) is 33.4 Å². The van der Waals surface area contributed by atoms with Gasteiger partial charge in [0, 0.05) is 13.0 Å². The Morgan fingerprint density at radius 3 is 3.11 bits per heavy atom. The number of likely N-dealkylation sites (tertiary alicyclic amines) is 1. The van der Waals surface area contributed by atoms with E-state index < -0.39 is 0 Å². The highest BCUT2D eigenvalue weighted by Crippen LogP contribution is 2.19. The van der Waals surface area contributed by atoms with Crippen LogP contribution in [0.2, 0.25) is 0 Å². The van der Waals surface area contributed by atoms with Gasteiger partial charge in [0.25, 0.3) is 0 Å². The Labute approximate surface area is 115 Å². The number of piperidine rings is 1. The van der Waals surface area contributed by atoms with Crippen molar-refractivity contribution in [2.75, 3.05) is 20.1 Å². The Morgan fingerprint density at radius 1 is 1.44 bits per heavy atom. The Bertz CT molecular complexity index is 551. The molecule has 1 unspecified atom stereocenters. The Hall–Kier alpha value is -0.940. The second kappa shape index (κ2) is 4.97. The van der Waals surface area contributed by atoms with Gasteiger partial charge < -0.3 is 4.90 Å². The van der Waals surface area contributed by atoms with Crippen LogP contribution in [-0.2, 0) is 6.42 Å². The predicted octanol–water partition coefficient (Wildman–Crippen LogP) is 2.38. The van der Waals surface area contributed by atoms with Crippen molar-refractivity contribution in [3.63, 3.8) is 0 Å². The molecule has 3 rings (SSSR count). The minimum Gasteiger partial charge on any atom is -0.306 e. The van der Waals surface area contributed by atoms with Crippen molar-refractivity contribution in [1.29, 1.82) is 0 Å². The van der Waals surface area contributed by atoms with Crippen LogP contribution in [0.4, 0.5) is 0 Å². The molecule has 18 heavy (non-hydrogen) atoms. The summed E-state index contributed by atoms with van der Waals surface area (Å²) < 4.78 is 2.82. The molecule has 3 heterocycles. The lowest BCUT2D eigenvalue weighted by molar-refractivity contribution is 0.207. The summed E-state index contributed by atoms with van der Waals surface area (Å²) in [6, 6.07) is 5.97. The van der Waals surface area contributed by atoms with E-state index in [4.69, 9.17) is 0 Å². The molecule has 0 N–H and O–H groups in total. The number of rotatable bonds is 2. The van der Waals surface area contributed by atoms with Crippen LogP contribution >= 0.6 is 15.9 Å². The van der Waals surface area contributed by atoms with Crippen LogP contribution in [0.15, 0.2) is 22.8 Å². The van der Waals surface area contributed by atoms with Gasteiger partial charge in [-0.3, -0.25) is 0 Å². The van der Waals surface area contributed by atoms with Gasteiger partial charge in [0.05, 0.1) is 0 Å². The van der Waals surface area contributed by atoms with Crippen molar-refractivity contribution in [2.24, 2.45) is 5.92 Å². The molecule has 0 aromatic carbocycles. The number of pyridine rings is 1. The van der Waals surface area contributed by atoms with Crippen LogP contribution in [0, 0.1) is 5.92 Å². The Balaban J connectivity index is 1.80. The van der Waals surface area contributed by atoms with E-state index in [1.165, 1.54) is 19.4 Å². The van der Waals surface area contributed by atoms with Gasteiger partial charge in [-0.15, -0.1) is 0 Å². The minimum atomic E-state index is 0.694. The average Bonchev–Trinajstić information content (AvgIpc) is 2.73. The van der Waals surface area contributed by atoms with Crippen molar-refractivity contribution in [3.05, 3.63) is 28.6 Å². The fourth-order valence-electron chi connectivity index (χ4n) is 2.70. The van der Waals surface area contributed by atoms with Gasteiger partial charge in [-0.2, -0.15) is 5.10 Å². The number of nitrogens with zero attached hydrogens (tertiary/aromatic N) is 4. The lowest BCUT2D eigenvalue weighted by atomic mass is 9.95. The van der Waals surface area contributed by atoms with Gasteiger partial charge in [0.15, 0.2) is 11.5 Å². The maximum Gasteiger partial charge on any atom is 0.156 e. The van der Waals surface area contributed by atoms with Crippen molar-refractivity contribution in [2.45, 2.75) is 19.3 Å². The Morgan fingerprint density at radius 2 is 2.33 bits per heavy atom. The molecule has 2 aromatic rings. The molecule has 1 aliphatic heterocycles. The van der Waals surface area contributed by atoms with Crippen molar-refractivity contribution < 1.29 is 0 Å². The van der Waals surface area contributed by atoms with Crippen molar-refractivity contribution in [1.82, 2.24) is 19.5 Å². The summed E-state index contributed by atoms with van der Waals surface area (Å²) in [6.45, 7) is 2.39. The van der Waals surface area contributed by atoms with Crippen LogP contribution < -0.4 is 0 Å². The van der Waals surface area contributed by atoms with Gasteiger partial charge >= 0.3 is 0 Å². The van der Waals surface area contributed by atoms with E-state index in [1.54, 1.807) is 0 Å². The molecule has 1 atom stereocenters. The third-order valence-electron chi connectivity index (χ3n) is 3.55. The number of aromatic nitrogens is 3. The molecule has 5 heteroatoms. The molecule has 2 aromatic heterocycles. The maximum absolute atomic E-state index is 4.60. The minimum absolute atomic E-state index is 0.694. The molecule has 0 spiro atoms. The summed E-state index contributed by atoms with van der Waals surface area (Å²) in [6.07, 6.45) is 3.57. The molecule has 0 saturated carbocycles. The van der Waals surface area contributed by atoms with Gasteiger partial charge in [-0.1, -0.05) is 6.07 Å². The van der Waals surface area contributed by atoms with E-state index in [0.29, 0.717) is 5.92 Å². The lowest BCUT2D eigenvalue weighted by Crippen LogP contribution is -2.33. The van der Waals surface area contributed by atoms with Crippen LogP contribution in [0.5, 0.6) is 0 Å². The van der Waals surface area contributed by atoms with Gasteiger partial charge in [0.1, 0.15) is 4.60 Å². The first-order chi connectivity index (χ1) is 8.72. The summed E-state index contributed by atoms with van der Waals surface area (Å²) in [5.41, 5.74) is 0.920. The molecular weight excluding hydrogens is 292 g/mol. The highest BCUT2D eigenvalue weighted by Gasteiger charge is 2.19. The fourth-order valence-corrected chi connectivity index (χ4v) is 3.12. The maximum atomic E-state index is 4.60. The largest absolute Gasteiger partial charge is 0.306 e. The van der Waals surface area contributed by atoms with Gasteiger partial charge in [-0.05, 0) is 60.4 Å². The number of halogens is 1. The Kier molecular flexibility index (Phi) is 3.35. The van der Waals surface area contributed by atoms with E-state index >= 15 is 0 Å². The highest BCUT2D eigenvalue weighted by molar-refractivity contribution is 9.10. The molecule has 1 aliphatic rings. The van der Waals surface area contributed by atoms with E-state index in [-0.39, 0.29) is 0 Å². The monoisotopic (exact) mass is 308 g/mol. The van der Waals surface area contributed by atoms with Gasteiger partial charge in [0.2, 0.25) is 0 Å². The quantitative estimate of drug-likeness (QED) is 0.799. The standard InChI is InChI=1S/C13H17BrN4/c1-17-7-3-4-10(9-17)8-12-15-13-6-2-5-11(14)18(13)16-12/h2,5-6,10H,3-4,7-9H2,1H3. The van der Waals surface area contributed by atoms with Crippen LogP contribution in [0.1, 0.15) is 18.7 Å². The average molecular weight is 309 g/mol. The zero-order chi connectivity index (χ0) is 12.5. The molecule has 0 radical (unpaired) electrons. The highest BCUT2D eigenvalue weighted by atomic mass is 79.9. The zero-order valence-electron chi connectivity index (χ0n) is 10.5. The lowest BCUT2D eigenvalue weighted by Gasteiger charge is -2.28. The summed E-state index contributed by atoms with van der Waals surface area (Å²) in [5.74, 6) is 1.65. The first-order valence-electron chi connectivity index (χ1n) is 6.41. The smallest absolute Gasteiger partial charge is 0.156 e. The summed E-state index contributed by atoms with van der Waals surface area (Å²) >= 11 is 3.50. The first kappa shape index (κ1) is 12.1. The van der Waals surface area contributed by atoms with Gasteiger partial charge in [-0.25, -0.2) is 9.50 Å². The van der Waals surface area contributed by atoms with Crippen molar-refractivity contribution >= 4 is 21.6 Å². The molecule has 1 saturated heterocycles. The molecular formula is C13H17BrN4. The molecule has 0 amide bonds. The number of fused-ring (bicyclic) bond motifs is 1. The molecule has 96 valence electrons. The SMILES string of the molecule is CN1CCCC(Cc2nc3cccc(Br)n3n2)C1. The van der Waals surface area contributed by atoms with E-state index in [1.807, 2.05) is 22.7 Å². The summed E-state index contributed by atoms with van der Waals surface area (Å²) in [7, 11) is 2.19. The summed E-state index contributed by atoms with van der Waals surface area (Å²) in [5, 5.41) is 4.57. The first-order valence-corrected chi connectivity index (χ1v) is 7.20. The van der Waals surface area contributed by atoms with Crippen LogP contribution in [0.3, 0.4) is 0 Å². The second-order valence-electron chi connectivity index (χ2n) is 5.12. The molecule has 1 fully saturated rings. The third-order valence-corrected chi connectivity index (χ3v) is 4.15. The van der Waals surface area contributed by atoms with Crippen LogP contribution in [0.25, 0.3) is 5.65 Å². The zero-order valence-corrected chi connectivity index (χ0v) is 12.1. The van der Waals surface area contributed by atoms with Crippen LogP contribution in [-0.4, -0.2) is 39.6 Å². The molecule has 0 bridgehead atoms. The third kappa shape index (κ3) is 2.42. The number of hydrogen-bond donors (Lipinski definition) is 0. The number of hydrogen-bond acceptors (Lipinski definition) is 3. The second-order valence-corrected chi connectivity index (χ2v) is 5.93. The fraction of sp³-hybridized carbons (Fsp3) is 0.538. The molecule has 0 aliphatic carbocycles. The van der Waals surface area contributed by atoms with Crippen molar-refractivity contribution in [3.8, 4) is 0 Å². The summed E-state index contributed by atoms with van der Waals surface area (Å²) in [4.78, 5) is 7.00. The molecule has 4 nitrogen and oxygen atoms in total. The normalized spacial score (nSPS) is 21.6. The predicted molar refractivity (Wildman–Crippen MR) is 74.6 cm³/mol.